The van der Waals surface area contributed by atoms with E-state index in [2.05, 4.69) is 5.32 Å². The lowest BCUT2D eigenvalue weighted by atomic mass is 10.1. The quantitative estimate of drug-likeness (QED) is 0.562. The van der Waals surface area contributed by atoms with E-state index in [1.807, 2.05) is 19.2 Å². The van der Waals surface area contributed by atoms with Crippen molar-refractivity contribution in [2.45, 2.75) is 32.6 Å². The van der Waals surface area contributed by atoms with E-state index >= 15 is 0 Å². The molecule has 0 aliphatic heterocycles. The zero-order valence-corrected chi connectivity index (χ0v) is 19.6. The van der Waals surface area contributed by atoms with Gasteiger partial charge in [-0.25, -0.2) is 22.4 Å². The van der Waals surface area contributed by atoms with Crippen molar-refractivity contribution in [3.8, 4) is 0 Å². The van der Waals surface area contributed by atoms with Gasteiger partial charge in [0, 0.05) is 18.8 Å². The number of carbonyl (C=O) groups excluding carboxylic acids is 3. The van der Waals surface area contributed by atoms with Gasteiger partial charge in [0.15, 0.2) is 6.61 Å². The van der Waals surface area contributed by atoms with Crippen LogP contribution in [0.3, 0.4) is 0 Å². The number of hydrogen-bond donors (Lipinski definition) is 2. The Hall–Kier alpha value is -3.31. The van der Waals surface area contributed by atoms with Crippen molar-refractivity contribution < 1.29 is 31.9 Å². The van der Waals surface area contributed by atoms with Crippen LogP contribution in [0.25, 0.3) is 0 Å². The lowest BCUT2D eigenvalue weighted by molar-refractivity contribution is -0.123. The van der Waals surface area contributed by atoms with Crippen molar-refractivity contribution in [2.75, 3.05) is 25.0 Å². The van der Waals surface area contributed by atoms with Crippen LogP contribution in [0.15, 0.2) is 41.3 Å². The molecule has 33 heavy (non-hydrogen) atoms. The molecule has 2 N–H and O–H groups in total. The minimum absolute atomic E-state index is 0.195. The van der Waals surface area contributed by atoms with Crippen LogP contribution in [0.5, 0.6) is 0 Å². The second-order valence-electron chi connectivity index (χ2n) is 7.11. The summed E-state index contributed by atoms with van der Waals surface area (Å²) < 4.78 is 45.2. The molecule has 2 rings (SSSR count). The first kappa shape index (κ1) is 25.9. The largest absolute Gasteiger partial charge is 0.452 e. The molecule has 0 aromatic heterocycles. The standard InChI is InChI=1S/C22H26FN3O6S/c1-5-26(6-2)33(30,31)17-9-10-19(23)18(12-17)21(28)32-13-20(27)25-22(29)24-16-8-7-14(3)15(4)11-16/h7-12H,5-6,13H2,1-4H3,(H2,24,25,27,29). The van der Waals surface area contributed by atoms with Crippen molar-refractivity contribution in [1.82, 2.24) is 9.62 Å². The van der Waals surface area contributed by atoms with Crippen molar-refractivity contribution >= 4 is 33.6 Å². The van der Waals surface area contributed by atoms with Crippen LogP contribution in [0.2, 0.25) is 0 Å². The molecular weight excluding hydrogens is 453 g/mol. The van der Waals surface area contributed by atoms with Crippen LogP contribution in [0.4, 0.5) is 14.9 Å². The van der Waals surface area contributed by atoms with Gasteiger partial charge in [0.05, 0.1) is 10.5 Å². The summed E-state index contributed by atoms with van der Waals surface area (Å²) in [5.41, 5.74) is 1.80. The number of halogens is 1. The second kappa shape index (κ2) is 11.0. The predicted molar refractivity (Wildman–Crippen MR) is 120 cm³/mol. The molecule has 9 nitrogen and oxygen atoms in total. The molecule has 0 spiro atoms. The highest BCUT2D eigenvalue weighted by atomic mass is 32.2. The fourth-order valence-corrected chi connectivity index (χ4v) is 4.37. The first-order valence-electron chi connectivity index (χ1n) is 10.1. The maximum absolute atomic E-state index is 14.1. The van der Waals surface area contributed by atoms with E-state index in [1.165, 1.54) is 0 Å². The van der Waals surface area contributed by atoms with Crippen LogP contribution in [0.1, 0.15) is 35.3 Å². The van der Waals surface area contributed by atoms with E-state index in [1.54, 1.807) is 32.0 Å². The van der Waals surface area contributed by atoms with E-state index in [0.717, 1.165) is 33.6 Å². The molecule has 3 amide bonds. The van der Waals surface area contributed by atoms with Crippen molar-refractivity contribution in [3.63, 3.8) is 0 Å². The van der Waals surface area contributed by atoms with Crippen LogP contribution in [-0.4, -0.2) is 50.3 Å². The Morgan fingerprint density at radius 2 is 1.67 bits per heavy atom. The molecule has 2 aromatic carbocycles. The Morgan fingerprint density at radius 1 is 1.00 bits per heavy atom. The number of ether oxygens (including phenoxy) is 1. The molecule has 0 unspecified atom stereocenters. The van der Waals surface area contributed by atoms with Crippen molar-refractivity contribution in [3.05, 3.63) is 58.9 Å². The molecule has 178 valence electrons. The number of aryl methyl sites for hydroxylation is 2. The molecule has 0 saturated carbocycles. The lowest BCUT2D eigenvalue weighted by Crippen LogP contribution is -2.37. The van der Waals surface area contributed by atoms with Crippen LogP contribution >= 0.6 is 0 Å². The summed E-state index contributed by atoms with van der Waals surface area (Å²) in [7, 11) is -3.93. The van der Waals surface area contributed by atoms with Gasteiger partial charge in [0.2, 0.25) is 10.0 Å². The minimum Gasteiger partial charge on any atom is -0.452 e. The highest BCUT2D eigenvalue weighted by Gasteiger charge is 2.25. The van der Waals surface area contributed by atoms with E-state index in [0.29, 0.717) is 5.69 Å². The summed E-state index contributed by atoms with van der Waals surface area (Å²) in [6, 6.07) is 7.09. The predicted octanol–water partition coefficient (Wildman–Crippen LogP) is 2.98. The third-order valence-electron chi connectivity index (χ3n) is 4.85. The van der Waals surface area contributed by atoms with Gasteiger partial charge >= 0.3 is 12.0 Å². The average molecular weight is 480 g/mol. The number of sulfonamides is 1. The Labute approximate surface area is 192 Å². The van der Waals surface area contributed by atoms with Crippen LogP contribution in [-0.2, 0) is 19.6 Å². The molecular formula is C22H26FN3O6S. The van der Waals surface area contributed by atoms with Gasteiger partial charge in [0.25, 0.3) is 5.91 Å². The number of urea groups is 1. The van der Waals surface area contributed by atoms with E-state index in [9.17, 15) is 27.2 Å². The normalized spacial score (nSPS) is 11.2. The fourth-order valence-electron chi connectivity index (χ4n) is 2.89. The number of carbonyl (C=O) groups is 3. The maximum atomic E-state index is 14.1. The molecule has 2 aromatic rings. The number of esters is 1. The molecule has 0 saturated heterocycles. The molecule has 0 atom stereocenters. The molecule has 0 heterocycles. The summed E-state index contributed by atoms with van der Waals surface area (Å²) in [6.45, 7) is 6.59. The smallest absolute Gasteiger partial charge is 0.341 e. The van der Waals surface area contributed by atoms with Gasteiger partial charge in [-0.05, 0) is 55.3 Å². The van der Waals surface area contributed by atoms with E-state index in [-0.39, 0.29) is 18.0 Å². The summed E-state index contributed by atoms with van der Waals surface area (Å²) in [6.07, 6.45) is 0. The number of benzene rings is 2. The SMILES string of the molecule is CCN(CC)S(=O)(=O)c1ccc(F)c(C(=O)OCC(=O)NC(=O)Nc2ccc(C)c(C)c2)c1. The molecule has 0 fully saturated rings. The number of imide groups is 1. The second-order valence-corrected chi connectivity index (χ2v) is 9.05. The monoisotopic (exact) mass is 479 g/mol. The summed E-state index contributed by atoms with van der Waals surface area (Å²) in [4.78, 5) is 35.9. The molecule has 0 bridgehead atoms. The van der Waals surface area contributed by atoms with Gasteiger partial charge in [-0.1, -0.05) is 19.9 Å². The van der Waals surface area contributed by atoms with E-state index < -0.39 is 45.9 Å². The number of amides is 3. The summed E-state index contributed by atoms with van der Waals surface area (Å²) in [5.74, 6) is -3.20. The summed E-state index contributed by atoms with van der Waals surface area (Å²) in [5, 5.41) is 4.46. The Bertz CT molecular complexity index is 1160. The number of nitrogens with zero attached hydrogens (tertiary/aromatic N) is 1. The zero-order chi connectivity index (χ0) is 24.8. The Balaban J connectivity index is 2.01. The number of hydrogen-bond acceptors (Lipinski definition) is 6. The van der Waals surface area contributed by atoms with Gasteiger partial charge in [-0.3, -0.25) is 10.1 Å². The molecule has 11 heteroatoms. The maximum Gasteiger partial charge on any atom is 0.341 e. The first-order chi connectivity index (χ1) is 15.5. The minimum atomic E-state index is -3.93. The zero-order valence-electron chi connectivity index (χ0n) is 18.8. The lowest BCUT2D eigenvalue weighted by Gasteiger charge is -2.18. The van der Waals surface area contributed by atoms with E-state index in [4.69, 9.17) is 4.74 Å². The van der Waals surface area contributed by atoms with Gasteiger partial charge < -0.3 is 10.1 Å². The van der Waals surface area contributed by atoms with Crippen molar-refractivity contribution in [2.24, 2.45) is 0 Å². The van der Waals surface area contributed by atoms with Crippen LogP contribution < -0.4 is 10.6 Å². The molecule has 0 radical (unpaired) electrons. The summed E-state index contributed by atoms with van der Waals surface area (Å²) >= 11 is 0. The van der Waals surface area contributed by atoms with Crippen molar-refractivity contribution in [1.29, 1.82) is 0 Å². The average Bonchev–Trinajstić information content (AvgIpc) is 2.75. The third-order valence-corrected chi connectivity index (χ3v) is 6.90. The number of nitrogens with one attached hydrogen (secondary N) is 2. The topological polar surface area (TPSA) is 122 Å². The Morgan fingerprint density at radius 3 is 2.27 bits per heavy atom. The number of rotatable bonds is 8. The van der Waals surface area contributed by atoms with Crippen LogP contribution in [0, 0.1) is 19.7 Å². The Kier molecular flexibility index (Phi) is 8.66. The molecule has 0 aliphatic rings. The highest BCUT2D eigenvalue weighted by molar-refractivity contribution is 7.89. The fraction of sp³-hybridized carbons (Fsp3) is 0.318. The first-order valence-corrected chi connectivity index (χ1v) is 11.6. The third kappa shape index (κ3) is 6.59. The highest BCUT2D eigenvalue weighted by Crippen LogP contribution is 2.20. The van der Waals surface area contributed by atoms with Gasteiger partial charge in [-0.15, -0.1) is 0 Å². The van der Waals surface area contributed by atoms with Gasteiger partial charge in [-0.2, -0.15) is 4.31 Å². The molecule has 0 aliphatic carbocycles. The number of anilines is 1. The van der Waals surface area contributed by atoms with Gasteiger partial charge in [0.1, 0.15) is 5.82 Å².